The Balaban J connectivity index is 2.40. The highest BCUT2D eigenvalue weighted by molar-refractivity contribution is 5.75. The first-order valence-corrected chi connectivity index (χ1v) is 7.67. The van der Waals surface area contributed by atoms with Crippen LogP contribution in [0.15, 0.2) is 12.1 Å². The van der Waals surface area contributed by atoms with Gasteiger partial charge >= 0.3 is 6.18 Å². The van der Waals surface area contributed by atoms with Crippen molar-refractivity contribution in [2.75, 3.05) is 25.0 Å². The number of nitrogens with zero attached hydrogens (tertiary/aromatic N) is 3. The number of nitro benzene ring substituents is 2. The number of likely N-dealkylation sites (N-methyl/N-ethyl adjacent to an activating group) is 1. The van der Waals surface area contributed by atoms with Crippen molar-refractivity contribution >= 4 is 17.1 Å². The third kappa shape index (κ3) is 4.16. The summed E-state index contributed by atoms with van der Waals surface area (Å²) in [5.41, 5.74) is -3.83. The molecular formula is C14H17F3N4O4. The van der Waals surface area contributed by atoms with Gasteiger partial charge in [-0.2, -0.15) is 13.2 Å². The van der Waals surface area contributed by atoms with Crippen LogP contribution >= 0.6 is 0 Å². The van der Waals surface area contributed by atoms with Crippen LogP contribution in [0.2, 0.25) is 0 Å². The number of likely N-dealkylation sites (tertiary alicyclic amines) is 1. The fourth-order valence-electron chi connectivity index (χ4n) is 3.01. The summed E-state index contributed by atoms with van der Waals surface area (Å²) in [5, 5.41) is 25.0. The Bertz CT molecular complexity index is 646. The van der Waals surface area contributed by atoms with Gasteiger partial charge in [-0.3, -0.25) is 25.1 Å². The van der Waals surface area contributed by atoms with Crippen LogP contribution in [0.1, 0.15) is 25.3 Å². The molecule has 0 bridgehead atoms. The molecule has 8 nitrogen and oxygen atoms in total. The summed E-state index contributed by atoms with van der Waals surface area (Å²) in [6, 6.07) is 0.662. The summed E-state index contributed by atoms with van der Waals surface area (Å²) < 4.78 is 38.6. The third-order valence-electron chi connectivity index (χ3n) is 4.24. The molecule has 1 heterocycles. The zero-order chi connectivity index (χ0) is 18.8. The number of rotatable bonds is 6. The Kier molecular flexibility index (Phi) is 5.45. The van der Waals surface area contributed by atoms with Crippen molar-refractivity contribution in [3.63, 3.8) is 0 Å². The summed E-state index contributed by atoms with van der Waals surface area (Å²) in [7, 11) is 0. The van der Waals surface area contributed by atoms with Gasteiger partial charge in [-0.1, -0.05) is 6.92 Å². The monoisotopic (exact) mass is 362 g/mol. The summed E-state index contributed by atoms with van der Waals surface area (Å²) in [6.07, 6.45) is -3.18. The number of alkyl halides is 3. The quantitative estimate of drug-likeness (QED) is 0.615. The third-order valence-corrected chi connectivity index (χ3v) is 4.24. The van der Waals surface area contributed by atoms with E-state index >= 15 is 0 Å². The molecule has 1 aliphatic rings. The van der Waals surface area contributed by atoms with E-state index in [1.807, 2.05) is 6.92 Å². The van der Waals surface area contributed by atoms with Gasteiger partial charge in [0, 0.05) is 24.7 Å². The first kappa shape index (κ1) is 18.9. The van der Waals surface area contributed by atoms with Crippen LogP contribution in [0.4, 0.5) is 30.2 Å². The van der Waals surface area contributed by atoms with Gasteiger partial charge in [0.15, 0.2) is 5.69 Å². The second kappa shape index (κ2) is 7.21. The molecule has 25 heavy (non-hydrogen) atoms. The minimum Gasteiger partial charge on any atom is -0.372 e. The minimum absolute atomic E-state index is 0.0199. The predicted molar refractivity (Wildman–Crippen MR) is 83.5 cm³/mol. The van der Waals surface area contributed by atoms with Crippen LogP contribution in [-0.2, 0) is 6.18 Å². The number of anilines is 1. The van der Waals surface area contributed by atoms with Crippen molar-refractivity contribution in [3.8, 4) is 0 Å². The Labute approximate surface area is 140 Å². The van der Waals surface area contributed by atoms with Gasteiger partial charge in [0.25, 0.3) is 11.4 Å². The summed E-state index contributed by atoms with van der Waals surface area (Å²) in [6.45, 7) is 3.73. The zero-order valence-corrected chi connectivity index (χ0v) is 13.4. The molecule has 1 aliphatic heterocycles. The number of nitrogens with one attached hydrogen (secondary N) is 1. The summed E-state index contributed by atoms with van der Waals surface area (Å²) in [5.74, 6) is 0. The molecule has 1 aromatic rings. The van der Waals surface area contributed by atoms with E-state index in [-0.39, 0.29) is 12.6 Å². The van der Waals surface area contributed by atoms with Crippen molar-refractivity contribution < 1.29 is 23.0 Å². The average Bonchev–Trinajstić information content (AvgIpc) is 2.98. The molecular weight excluding hydrogens is 345 g/mol. The van der Waals surface area contributed by atoms with E-state index in [1.165, 1.54) is 0 Å². The standard InChI is InChI=1S/C14H17F3N4O4/c1-2-19-5-3-4-10(19)8-18-13-11(20(22)23)6-9(14(15,16)17)7-12(13)21(24)25/h6-7,10,18H,2-5,8H2,1H3/t10-/m0/s1. The van der Waals surface area contributed by atoms with Gasteiger partial charge in [0.05, 0.1) is 15.4 Å². The highest BCUT2D eigenvalue weighted by atomic mass is 19.4. The second-order valence-electron chi connectivity index (χ2n) is 5.71. The maximum atomic E-state index is 12.9. The van der Waals surface area contributed by atoms with Crippen molar-refractivity contribution in [2.24, 2.45) is 0 Å². The molecule has 0 aliphatic carbocycles. The summed E-state index contributed by atoms with van der Waals surface area (Å²) in [4.78, 5) is 22.3. The normalized spacial score (nSPS) is 18.3. The SMILES string of the molecule is CCN1CCC[C@H]1CNc1c([N+](=O)[O-])cc(C(F)(F)F)cc1[N+](=O)[O-]. The largest absolute Gasteiger partial charge is 0.416 e. The minimum atomic E-state index is -4.92. The lowest BCUT2D eigenvalue weighted by molar-refractivity contribution is -0.392. The van der Waals surface area contributed by atoms with Crippen LogP contribution in [0, 0.1) is 20.2 Å². The van der Waals surface area contributed by atoms with Gasteiger partial charge < -0.3 is 5.32 Å². The topological polar surface area (TPSA) is 102 Å². The van der Waals surface area contributed by atoms with Gasteiger partial charge in [0.2, 0.25) is 0 Å². The zero-order valence-electron chi connectivity index (χ0n) is 13.4. The number of hydrogen-bond donors (Lipinski definition) is 1. The molecule has 1 fully saturated rings. The van der Waals surface area contributed by atoms with Crippen molar-refractivity contribution in [2.45, 2.75) is 32.0 Å². The Morgan fingerprint density at radius 2 is 1.80 bits per heavy atom. The number of halogens is 3. The molecule has 0 amide bonds. The number of hydrogen-bond acceptors (Lipinski definition) is 6. The van der Waals surface area contributed by atoms with E-state index in [2.05, 4.69) is 10.2 Å². The molecule has 138 valence electrons. The molecule has 0 spiro atoms. The van der Waals surface area contributed by atoms with E-state index in [1.54, 1.807) is 0 Å². The Hall–Kier alpha value is -2.43. The maximum absolute atomic E-state index is 12.9. The van der Waals surface area contributed by atoms with E-state index in [4.69, 9.17) is 0 Å². The summed E-state index contributed by atoms with van der Waals surface area (Å²) >= 11 is 0. The fourth-order valence-corrected chi connectivity index (χ4v) is 3.01. The van der Waals surface area contributed by atoms with Crippen LogP contribution in [0.25, 0.3) is 0 Å². The molecule has 2 rings (SSSR count). The highest BCUT2D eigenvalue weighted by Crippen LogP contribution is 2.41. The van der Waals surface area contributed by atoms with Crippen molar-refractivity contribution in [1.82, 2.24) is 4.90 Å². The van der Waals surface area contributed by atoms with Crippen LogP contribution in [0.5, 0.6) is 0 Å². The molecule has 0 aromatic heterocycles. The predicted octanol–water partition coefficient (Wildman–Crippen LogP) is 3.42. The lowest BCUT2D eigenvalue weighted by Crippen LogP contribution is -2.34. The van der Waals surface area contributed by atoms with E-state index in [0.29, 0.717) is 12.1 Å². The van der Waals surface area contributed by atoms with Gasteiger partial charge in [0.1, 0.15) is 0 Å². The Morgan fingerprint density at radius 3 is 2.24 bits per heavy atom. The molecule has 1 saturated heterocycles. The van der Waals surface area contributed by atoms with Gasteiger partial charge in [-0.15, -0.1) is 0 Å². The van der Waals surface area contributed by atoms with Crippen molar-refractivity contribution in [1.29, 1.82) is 0 Å². The molecule has 0 saturated carbocycles. The lowest BCUT2D eigenvalue weighted by Gasteiger charge is -2.23. The lowest BCUT2D eigenvalue weighted by atomic mass is 10.1. The molecule has 11 heteroatoms. The van der Waals surface area contributed by atoms with E-state index < -0.39 is 38.6 Å². The molecule has 1 aromatic carbocycles. The molecule has 1 N–H and O–H groups in total. The molecule has 0 unspecified atom stereocenters. The molecule has 1 atom stereocenters. The van der Waals surface area contributed by atoms with Gasteiger partial charge in [-0.05, 0) is 25.9 Å². The van der Waals surface area contributed by atoms with Gasteiger partial charge in [-0.25, -0.2) is 0 Å². The smallest absolute Gasteiger partial charge is 0.372 e. The van der Waals surface area contributed by atoms with Crippen LogP contribution in [-0.4, -0.2) is 40.4 Å². The Morgan fingerprint density at radius 1 is 1.24 bits per heavy atom. The maximum Gasteiger partial charge on any atom is 0.416 e. The van der Waals surface area contributed by atoms with E-state index in [9.17, 15) is 33.4 Å². The first-order chi connectivity index (χ1) is 11.6. The van der Waals surface area contributed by atoms with E-state index in [0.717, 1.165) is 25.9 Å². The number of nitro groups is 2. The number of benzene rings is 1. The first-order valence-electron chi connectivity index (χ1n) is 7.67. The molecule has 0 radical (unpaired) electrons. The fraction of sp³-hybridized carbons (Fsp3) is 0.571. The highest BCUT2D eigenvalue weighted by Gasteiger charge is 2.38. The second-order valence-corrected chi connectivity index (χ2v) is 5.71. The van der Waals surface area contributed by atoms with Crippen LogP contribution in [0.3, 0.4) is 0 Å². The van der Waals surface area contributed by atoms with Crippen LogP contribution < -0.4 is 5.32 Å². The van der Waals surface area contributed by atoms with Crippen molar-refractivity contribution in [3.05, 3.63) is 37.9 Å². The average molecular weight is 362 g/mol.